The Labute approximate surface area is 144 Å². The molecule has 24 heavy (non-hydrogen) atoms. The first kappa shape index (κ1) is 18.2. The third kappa shape index (κ3) is 4.24. The molecule has 0 bridgehead atoms. The predicted molar refractivity (Wildman–Crippen MR) is 97.9 cm³/mol. The van der Waals surface area contributed by atoms with Gasteiger partial charge in [0.15, 0.2) is 0 Å². The van der Waals surface area contributed by atoms with Crippen molar-refractivity contribution in [1.82, 2.24) is 0 Å². The summed E-state index contributed by atoms with van der Waals surface area (Å²) >= 11 is 0. The van der Waals surface area contributed by atoms with E-state index in [2.05, 4.69) is 13.8 Å². The Morgan fingerprint density at radius 1 is 1.12 bits per heavy atom. The van der Waals surface area contributed by atoms with E-state index >= 15 is 0 Å². The van der Waals surface area contributed by atoms with Crippen LogP contribution in [-0.4, -0.2) is 23.6 Å². The Hall–Kier alpha value is -2.13. The first-order valence-electron chi connectivity index (χ1n) is 8.24. The molecule has 0 radical (unpaired) electrons. The van der Waals surface area contributed by atoms with Crippen molar-refractivity contribution in [2.24, 2.45) is 0 Å². The number of carbonyl (C=O) groups excluding carboxylic acids is 1. The standard InChI is InChI=1S/C21H26O3/c1-14-11-18(24-10-9-21(4,5)23)12-15(2)20(14)19-8-6-7-17(13-22)16(19)3/h6-8,11-13,23H,9-10H2,1-5H3. The zero-order valence-electron chi connectivity index (χ0n) is 15.1. The minimum absolute atomic E-state index is 0.474. The summed E-state index contributed by atoms with van der Waals surface area (Å²) in [4.78, 5) is 11.2. The van der Waals surface area contributed by atoms with Crippen molar-refractivity contribution in [3.63, 3.8) is 0 Å². The van der Waals surface area contributed by atoms with Crippen LogP contribution >= 0.6 is 0 Å². The summed E-state index contributed by atoms with van der Waals surface area (Å²) < 4.78 is 5.79. The fourth-order valence-corrected chi connectivity index (χ4v) is 2.90. The van der Waals surface area contributed by atoms with E-state index in [0.717, 1.165) is 45.4 Å². The van der Waals surface area contributed by atoms with E-state index in [9.17, 15) is 9.90 Å². The van der Waals surface area contributed by atoms with Crippen LogP contribution in [-0.2, 0) is 0 Å². The summed E-state index contributed by atoms with van der Waals surface area (Å²) in [5.41, 5.74) is 5.44. The monoisotopic (exact) mass is 326 g/mol. The van der Waals surface area contributed by atoms with Crippen LogP contribution in [0.1, 0.15) is 47.3 Å². The summed E-state index contributed by atoms with van der Waals surface area (Å²) in [6.45, 7) is 10.1. The third-order valence-corrected chi connectivity index (χ3v) is 4.26. The first-order valence-corrected chi connectivity index (χ1v) is 8.24. The lowest BCUT2D eigenvalue weighted by Gasteiger charge is -2.19. The topological polar surface area (TPSA) is 46.5 Å². The highest BCUT2D eigenvalue weighted by Gasteiger charge is 2.14. The molecule has 0 heterocycles. The number of hydrogen-bond acceptors (Lipinski definition) is 3. The highest BCUT2D eigenvalue weighted by Crippen LogP contribution is 2.34. The third-order valence-electron chi connectivity index (χ3n) is 4.26. The van der Waals surface area contributed by atoms with Crippen molar-refractivity contribution in [2.75, 3.05) is 6.61 Å². The molecule has 0 aliphatic carbocycles. The first-order chi connectivity index (χ1) is 11.2. The molecule has 0 saturated carbocycles. The minimum atomic E-state index is -0.726. The van der Waals surface area contributed by atoms with Crippen LogP contribution < -0.4 is 4.74 Å². The molecule has 2 aromatic rings. The van der Waals surface area contributed by atoms with Crippen molar-refractivity contribution in [3.8, 4) is 16.9 Å². The Bertz CT molecular complexity index is 716. The Morgan fingerprint density at radius 3 is 2.29 bits per heavy atom. The van der Waals surface area contributed by atoms with Gasteiger partial charge in [0.2, 0.25) is 0 Å². The smallest absolute Gasteiger partial charge is 0.150 e. The van der Waals surface area contributed by atoms with Gasteiger partial charge >= 0.3 is 0 Å². The summed E-state index contributed by atoms with van der Waals surface area (Å²) in [6, 6.07) is 9.83. The van der Waals surface area contributed by atoms with Crippen LogP contribution in [0.4, 0.5) is 0 Å². The van der Waals surface area contributed by atoms with Crippen molar-refractivity contribution < 1.29 is 14.6 Å². The van der Waals surface area contributed by atoms with Crippen molar-refractivity contribution in [1.29, 1.82) is 0 Å². The molecule has 0 aromatic heterocycles. The van der Waals surface area contributed by atoms with E-state index in [1.54, 1.807) is 13.8 Å². The van der Waals surface area contributed by atoms with E-state index in [1.165, 1.54) is 0 Å². The number of benzene rings is 2. The lowest BCUT2D eigenvalue weighted by molar-refractivity contribution is 0.0553. The van der Waals surface area contributed by atoms with Gasteiger partial charge in [0.1, 0.15) is 12.0 Å². The highest BCUT2D eigenvalue weighted by atomic mass is 16.5. The van der Waals surface area contributed by atoms with Gasteiger partial charge < -0.3 is 9.84 Å². The average Bonchev–Trinajstić information content (AvgIpc) is 2.47. The lowest BCUT2D eigenvalue weighted by Crippen LogP contribution is -2.21. The molecule has 0 spiro atoms. The molecular formula is C21H26O3. The second kappa shape index (κ2) is 7.18. The second-order valence-electron chi connectivity index (χ2n) is 6.98. The van der Waals surface area contributed by atoms with Crippen LogP contribution in [0.15, 0.2) is 30.3 Å². The lowest BCUT2D eigenvalue weighted by atomic mass is 9.90. The molecule has 0 unspecified atom stereocenters. The maximum atomic E-state index is 11.2. The van der Waals surface area contributed by atoms with Crippen LogP contribution in [0.2, 0.25) is 0 Å². The molecule has 0 atom stereocenters. The highest BCUT2D eigenvalue weighted by molar-refractivity contribution is 5.84. The van der Waals surface area contributed by atoms with Gasteiger partial charge in [0.25, 0.3) is 0 Å². The van der Waals surface area contributed by atoms with E-state index in [1.807, 2.05) is 37.3 Å². The van der Waals surface area contributed by atoms with Crippen molar-refractivity contribution in [2.45, 2.75) is 46.6 Å². The fourth-order valence-electron chi connectivity index (χ4n) is 2.90. The van der Waals surface area contributed by atoms with Crippen LogP contribution in [0, 0.1) is 20.8 Å². The van der Waals surface area contributed by atoms with E-state index < -0.39 is 5.60 Å². The zero-order valence-corrected chi connectivity index (χ0v) is 15.1. The van der Waals surface area contributed by atoms with Crippen molar-refractivity contribution >= 4 is 6.29 Å². The molecule has 2 aromatic carbocycles. The van der Waals surface area contributed by atoms with E-state index in [0.29, 0.717) is 13.0 Å². The van der Waals surface area contributed by atoms with E-state index in [-0.39, 0.29) is 0 Å². The second-order valence-corrected chi connectivity index (χ2v) is 6.98. The molecule has 3 nitrogen and oxygen atoms in total. The SMILES string of the molecule is Cc1cc(OCCC(C)(C)O)cc(C)c1-c1cccc(C=O)c1C. The van der Waals surface area contributed by atoms with Crippen LogP contribution in [0.5, 0.6) is 5.75 Å². The summed E-state index contributed by atoms with van der Waals surface area (Å²) in [5.74, 6) is 0.808. The zero-order chi connectivity index (χ0) is 17.9. The van der Waals surface area contributed by atoms with Gasteiger partial charge in [0, 0.05) is 12.0 Å². The maximum Gasteiger partial charge on any atom is 0.150 e. The number of hydrogen-bond donors (Lipinski definition) is 1. The van der Waals surface area contributed by atoms with E-state index in [4.69, 9.17) is 4.74 Å². The molecule has 0 fully saturated rings. The summed E-state index contributed by atoms with van der Waals surface area (Å²) in [6.07, 6.45) is 1.48. The maximum absolute atomic E-state index is 11.2. The molecule has 1 N–H and O–H groups in total. The fraction of sp³-hybridized carbons (Fsp3) is 0.381. The van der Waals surface area contributed by atoms with Crippen LogP contribution in [0.3, 0.4) is 0 Å². The Morgan fingerprint density at radius 2 is 1.75 bits per heavy atom. The summed E-state index contributed by atoms with van der Waals surface area (Å²) in [7, 11) is 0. The molecule has 0 saturated heterocycles. The predicted octanol–water partition coefficient (Wildman–Crippen LogP) is 4.63. The largest absolute Gasteiger partial charge is 0.493 e. The average molecular weight is 326 g/mol. The molecule has 128 valence electrons. The number of ether oxygens (including phenoxy) is 1. The number of aryl methyl sites for hydroxylation is 2. The van der Waals surface area contributed by atoms with Gasteiger partial charge in [0.05, 0.1) is 12.2 Å². The Balaban J connectivity index is 2.33. The minimum Gasteiger partial charge on any atom is -0.493 e. The molecule has 3 heteroatoms. The molecule has 0 aliphatic heterocycles. The number of rotatable bonds is 6. The molecule has 2 rings (SSSR count). The van der Waals surface area contributed by atoms with Gasteiger partial charge in [-0.05, 0) is 74.6 Å². The van der Waals surface area contributed by atoms with Gasteiger partial charge in [-0.2, -0.15) is 0 Å². The number of aliphatic hydroxyl groups is 1. The van der Waals surface area contributed by atoms with Gasteiger partial charge in [-0.15, -0.1) is 0 Å². The molecule has 0 aliphatic rings. The van der Waals surface area contributed by atoms with Gasteiger partial charge in [-0.1, -0.05) is 18.2 Å². The number of aldehydes is 1. The van der Waals surface area contributed by atoms with Gasteiger partial charge in [-0.25, -0.2) is 0 Å². The normalized spacial score (nSPS) is 11.4. The van der Waals surface area contributed by atoms with Crippen LogP contribution in [0.25, 0.3) is 11.1 Å². The molecule has 0 amide bonds. The summed E-state index contributed by atoms with van der Waals surface area (Å²) in [5, 5.41) is 9.77. The van der Waals surface area contributed by atoms with Gasteiger partial charge in [-0.3, -0.25) is 4.79 Å². The van der Waals surface area contributed by atoms with Crippen molar-refractivity contribution in [3.05, 3.63) is 52.6 Å². The number of carbonyl (C=O) groups is 1. The molecular weight excluding hydrogens is 300 g/mol. The quantitative estimate of drug-likeness (QED) is 0.787. The Kier molecular flexibility index (Phi) is 5.45.